The topological polar surface area (TPSA) is 56.5 Å². The quantitative estimate of drug-likeness (QED) is 0.555. The minimum atomic E-state index is -1.09. The van der Waals surface area contributed by atoms with Gasteiger partial charge in [0.2, 0.25) is 0 Å². The second-order valence-corrected chi connectivity index (χ2v) is 5.48. The molecule has 0 spiro atoms. The number of carbonyl (C=O) groups is 2. The van der Waals surface area contributed by atoms with Crippen LogP contribution in [0.4, 0.5) is 0 Å². The van der Waals surface area contributed by atoms with Crippen LogP contribution in [0.3, 0.4) is 0 Å². The summed E-state index contributed by atoms with van der Waals surface area (Å²) in [4.78, 5) is 24.2. The number of cyclic esters (lactones) is 1. The lowest BCUT2D eigenvalue weighted by Gasteiger charge is -2.42. The van der Waals surface area contributed by atoms with E-state index in [1.54, 1.807) is 39.8 Å². The van der Waals surface area contributed by atoms with E-state index >= 15 is 0 Å². The molecular weight excluding hydrogens is 220 g/mol. The molecule has 0 unspecified atom stereocenters. The number of hydrogen-bond acceptors (Lipinski definition) is 4. The van der Waals surface area contributed by atoms with E-state index in [0.717, 1.165) is 0 Å². The van der Waals surface area contributed by atoms with Crippen LogP contribution in [0.25, 0.3) is 0 Å². The summed E-state index contributed by atoms with van der Waals surface area (Å²) in [5.74, 6) is -0.113. The summed E-state index contributed by atoms with van der Waals surface area (Å²) in [7, 11) is 0. The van der Waals surface area contributed by atoms with Gasteiger partial charge in [-0.3, -0.25) is 9.59 Å². The van der Waals surface area contributed by atoms with Gasteiger partial charge in [-0.15, -0.1) is 0 Å². The molecule has 4 nitrogen and oxygen atoms in total. The Bertz CT molecular complexity index is 454. The van der Waals surface area contributed by atoms with Crippen LogP contribution >= 0.6 is 0 Å². The fraction of sp³-hybridized carbons (Fsp3) is 0.538. The van der Waals surface area contributed by atoms with Crippen LogP contribution in [0.15, 0.2) is 22.8 Å². The van der Waals surface area contributed by atoms with Crippen molar-refractivity contribution in [1.29, 1.82) is 0 Å². The van der Waals surface area contributed by atoms with E-state index in [4.69, 9.17) is 9.15 Å². The number of ether oxygens (including phenoxy) is 1. The number of carbonyl (C=O) groups excluding carboxylic acids is 2. The summed E-state index contributed by atoms with van der Waals surface area (Å²) in [6.07, 6.45) is 0.856. The highest BCUT2D eigenvalue weighted by molar-refractivity contribution is 6.07. The number of esters is 1. The van der Waals surface area contributed by atoms with Crippen LogP contribution in [-0.2, 0) is 14.3 Å². The first-order chi connectivity index (χ1) is 7.78. The average molecular weight is 236 g/mol. The monoisotopic (exact) mass is 236 g/mol. The van der Waals surface area contributed by atoms with Crippen molar-refractivity contribution >= 4 is 11.8 Å². The number of Topliss-reactive ketones (excluding diaryl/α,β-unsaturated/α-hetero) is 1. The van der Waals surface area contributed by atoms with Crippen molar-refractivity contribution in [3.63, 3.8) is 0 Å². The highest BCUT2D eigenvalue weighted by Crippen LogP contribution is 2.47. The first-order valence-electron chi connectivity index (χ1n) is 5.57. The summed E-state index contributed by atoms with van der Waals surface area (Å²) in [5, 5.41) is 0. The second-order valence-electron chi connectivity index (χ2n) is 5.48. The zero-order valence-electron chi connectivity index (χ0n) is 10.4. The number of furan rings is 1. The third-order valence-corrected chi connectivity index (χ3v) is 3.35. The summed E-state index contributed by atoms with van der Waals surface area (Å²) < 4.78 is 10.6. The third-order valence-electron chi connectivity index (χ3n) is 3.35. The molecule has 0 aliphatic carbocycles. The standard InChI is InChI=1S/C13H16O4/c1-12(2)9(8-6-5-7-16-8)17-11(15)13(3,4)10(12)14/h5-7,9H,1-4H3/t9-/m0/s1. The molecule has 0 amide bonds. The SMILES string of the molecule is CC1(C)C(=O)O[C@@H](c2ccco2)C(C)(C)C1=O. The minimum Gasteiger partial charge on any atom is -0.465 e. The lowest BCUT2D eigenvalue weighted by molar-refractivity contribution is -0.188. The fourth-order valence-electron chi connectivity index (χ4n) is 2.27. The molecule has 1 aromatic heterocycles. The molecule has 1 atom stereocenters. The summed E-state index contributed by atoms with van der Waals surface area (Å²) in [5.41, 5.74) is -1.87. The zero-order chi connectivity index (χ0) is 12.8. The summed E-state index contributed by atoms with van der Waals surface area (Å²) in [6.45, 7) is 6.74. The van der Waals surface area contributed by atoms with Gasteiger partial charge >= 0.3 is 5.97 Å². The van der Waals surface area contributed by atoms with Gasteiger partial charge in [0, 0.05) is 0 Å². The molecule has 17 heavy (non-hydrogen) atoms. The molecule has 2 heterocycles. The van der Waals surface area contributed by atoms with Crippen LogP contribution in [-0.4, -0.2) is 11.8 Å². The van der Waals surface area contributed by atoms with Gasteiger partial charge in [-0.2, -0.15) is 0 Å². The van der Waals surface area contributed by atoms with E-state index in [-0.39, 0.29) is 5.78 Å². The first-order valence-corrected chi connectivity index (χ1v) is 5.57. The zero-order valence-corrected chi connectivity index (χ0v) is 10.4. The van der Waals surface area contributed by atoms with Gasteiger partial charge in [0.05, 0.1) is 11.7 Å². The Labute approximate surface area is 99.9 Å². The molecule has 2 rings (SSSR count). The van der Waals surface area contributed by atoms with E-state index in [1.165, 1.54) is 6.26 Å². The first kappa shape index (κ1) is 11.9. The molecule has 1 aliphatic heterocycles. The molecule has 0 aromatic carbocycles. The minimum absolute atomic E-state index is 0.123. The van der Waals surface area contributed by atoms with Crippen molar-refractivity contribution in [1.82, 2.24) is 0 Å². The molecule has 1 aromatic rings. The Morgan fingerprint density at radius 3 is 2.35 bits per heavy atom. The molecule has 0 bridgehead atoms. The smallest absolute Gasteiger partial charge is 0.319 e. The van der Waals surface area contributed by atoms with Gasteiger partial charge in [-0.1, -0.05) is 0 Å². The molecule has 1 saturated heterocycles. The highest BCUT2D eigenvalue weighted by Gasteiger charge is 2.56. The molecule has 0 N–H and O–H groups in total. The molecule has 1 fully saturated rings. The Kier molecular flexibility index (Phi) is 2.42. The molecule has 0 radical (unpaired) electrons. The highest BCUT2D eigenvalue weighted by atomic mass is 16.6. The summed E-state index contributed by atoms with van der Waals surface area (Å²) >= 11 is 0. The Balaban J connectivity index is 2.45. The lowest BCUT2D eigenvalue weighted by atomic mass is 9.68. The van der Waals surface area contributed by atoms with Gasteiger partial charge in [0.15, 0.2) is 11.9 Å². The van der Waals surface area contributed by atoms with Crippen LogP contribution in [0, 0.1) is 10.8 Å². The Hall–Kier alpha value is -1.58. The molecule has 92 valence electrons. The van der Waals surface area contributed by atoms with Crippen LogP contribution in [0.1, 0.15) is 39.6 Å². The summed E-state index contributed by atoms with van der Waals surface area (Å²) in [6, 6.07) is 3.43. The van der Waals surface area contributed by atoms with Crippen LogP contribution in [0.5, 0.6) is 0 Å². The molecule has 1 aliphatic rings. The molecular formula is C13H16O4. The van der Waals surface area contributed by atoms with E-state index < -0.39 is 22.9 Å². The van der Waals surface area contributed by atoms with Gasteiger partial charge in [0.1, 0.15) is 11.2 Å². The van der Waals surface area contributed by atoms with Crippen LogP contribution in [0.2, 0.25) is 0 Å². The van der Waals surface area contributed by atoms with E-state index in [1.807, 2.05) is 0 Å². The van der Waals surface area contributed by atoms with Crippen molar-refractivity contribution < 1.29 is 18.7 Å². The number of rotatable bonds is 1. The average Bonchev–Trinajstić information content (AvgIpc) is 2.75. The third kappa shape index (κ3) is 1.59. The number of hydrogen-bond donors (Lipinski definition) is 0. The lowest BCUT2D eigenvalue weighted by Crippen LogP contribution is -2.52. The predicted octanol–water partition coefficient (Wildman–Crippen LogP) is 2.50. The fourth-order valence-corrected chi connectivity index (χ4v) is 2.27. The van der Waals surface area contributed by atoms with E-state index in [0.29, 0.717) is 5.76 Å². The van der Waals surface area contributed by atoms with Crippen molar-refractivity contribution in [2.45, 2.75) is 33.8 Å². The normalized spacial score (nSPS) is 26.7. The van der Waals surface area contributed by atoms with Crippen molar-refractivity contribution in [2.24, 2.45) is 10.8 Å². The van der Waals surface area contributed by atoms with Gasteiger partial charge < -0.3 is 9.15 Å². The van der Waals surface area contributed by atoms with E-state index in [2.05, 4.69) is 0 Å². The Morgan fingerprint density at radius 1 is 1.18 bits per heavy atom. The van der Waals surface area contributed by atoms with Crippen molar-refractivity contribution in [2.75, 3.05) is 0 Å². The van der Waals surface area contributed by atoms with Crippen molar-refractivity contribution in [3.05, 3.63) is 24.2 Å². The maximum Gasteiger partial charge on any atom is 0.319 e. The largest absolute Gasteiger partial charge is 0.465 e. The van der Waals surface area contributed by atoms with Gasteiger partial charge in [-0.25, -0.2) is 0 Å². The maximum atomic E-state index is 12.3. The van der Waals surface area contributed by atoms with Crippen LogP contribution < -0.4 is 0 Å². The van der Waals surface area contributed by atoms with Crippen molar-refractivity contribution in [3.8, 4) is 0 Å². The van der Waals surface area contributed by atoms with Gasteiger partial charge in [0.25, 0.3) is 0 Å². The molecule has 4 heteroatoms. The predicted molar refractivity (Wildman–Crippen MR) is 60.1 cm³/mol. The van der Waals surface area contributed by atoms with E-state index in [9.17, 15) is 9.59 Å². The Morgan fingerprint density at radius 2 is 1.82 bits per heavy atom. The molecule has 0 saturated carbocycles. The second kappa shape index (κ2) is 3.45. The number of ketones is 1. The van der Waals surface area contributed by atoms with Gasteiger partial charge in [-0.05, 0) is 39.8 Å². The maximum absolute atomic E-state index is 12.3.